The Morgan fingerprint density at radius 1 is 0.852 bits per heavy atom. The summed E-state index contributed by atoms with van der Waals surface area (Å²) in [5, 5.41) is 1.78. The van der Waals surface area contributed by atoms with Gasteiger partial charge in [-0.15, -0.1) is 0 Å². The number of ketones is 1. The van der Waals surface area contributed by atoms with Gasteiger partial charge in [-0.3, -0.25) is 4.79 Å². The molecule has 3 nitrogen and oxygen atoms in total. The largest absolute Gasteiger partial charge is 0.451 e. The lowest BCUT2D eigenvalue weighted by Crippen LogP contribution is -2.24. The van der Waals surface area contributed by atoms with Gasteiger partial charge in [0.05, 0.1) is 5.56 Å². The number of carbonyl (C=O) groups excluding carboxylic acids is 2. The van der Waals surface area contributed by atoms with Gasteiger partial charge in [0.2, 0.25) is 5.78 Å². The van der Waals surface area contributed by atoms with Crippen LogP contribution < -0.4 is 0 Å². The van der Waals surface area contributed by atoms with Gasteiger partial charge >= 0.3 is 5.97 Å². The highest BCUT2D eigenvalue weighted by Gasteiger charge is 2.22. The van der Waals surface area contributed by atoms with Gasteiger partial charge in [0.25, 0.3) is 0 Å². The summed E-state index contributed by atoms with van der Waals surface area (Å²) in [6.45, 7) is 7.98. The number of Topliss-reactive ketones (excluding diaryl/α,β-unsaturated/α-hetero) is 1. The minimum atomic E-state index is -0.850. The molecule has 3 rings (SSSR count). The van der Waals surface area contributed by atoms with Crippen LogP contribution in [0.5, 0.6) is 0 Å². The number of hydrogen-bond acceptors (Lipinski definition) is 3. The number of rotatable bonds is 4. The lowest BCUT2D eigenvalue weighted by Gasteiger charge is -2.19. The highest BCUT2D eigenvalue weighted by molar-refractivity contribution is 6.06. The maximum absolute atomic E-state index is 12.7. The zero-order chi connectivity index (χ0) is 19.6. The Balaban J connectivity index is 1.77. The molecule has 0 aliphatic carbocycles. The summed E-state index contributed by atoms with van der Waals surface area (Å²) in [6.07, 6.45) is -0.850. The van der Waals surface area contributed by atoms with E-state index in [0.717, 1.165) is 16.3 Å². The standard InChI is InChI=1S/C24H24O3/c1-16(22(25)18-12-14-19(15-13-18)24(2,3)4)27-23(26)21-11-7-9-17-8-5-6-10-20(17)21/h5-16H,1-4H3/t16-/m0/s1. The van der Waals surface area contributed by atoms with Gasteiger partial charge in [-0.1, -0.05) is 81.4 Å². The van der Waals surface area contributed by atoms with Crippen LogP contribution in [0.3, 0.4) is 0 Å². The quantitative estimate of drug-likeness (QED) is 0.451. The fraction of sp³-hybridized carbons (Fsp3) is 0.250. The first kappa shape index (κ1) is 18.8. The Hall–Kier alpha value is -2.94. The van der Waals surface area contributed by atoms with Crippen molar-refractivity contribution in [2.45, 2.75) is 39.2 Å². The Morgan fingerprint density at radius 2 is 1.48 bits per heavy atom. The van der Waals surface area contributed by atoms with Gasteiger partial charge in [-0.2, -0.15) is 0 Å². The van der Waals surface area contributed by atoms with E-state index < -0.39 is 12.1 Å². The van der Waals surface area contributed by atoms with E-state index in [9.17, 15) is 9.59 Å². The second kappa shape index (κ2) is 7.36. The van der Waals surface area contributed by atoms with Gasteiger partial charge in [0, 0.05) is 5.56 Å². The SMILES string of the molecule is C[C@H](OC(=O)c1cccc2ccccc12)C(=O)c1ccc(C(C)(C)C)cc1. The fourth-order valence-corrected chi connectivity index (χ4v) is 3.05. The van der Waals surface area contributed by atoms with Crippen molar-refractivity contribution in [3.8, 4) is 0 Å². The third kappa shape index (κ3) is 4.08. The van der Waals surface area contributed by atoms with Crippen LogP contribution in [-0.4, -0.2) is 17.9 Å². The lowest BCUT2D eigenvalue weighted by molar-refractivity contribution is 0.0321. The molecule has 138 valence electrons. The predicted molar refractivity (Wildman–Crippen MR) is 108 cm³/mol. The maximum Gasteiger partial charge on any atom is 0.339 e. The van der Waals surface area contributed by atoms with E-state index in [4.69, 9.17) is 4.74 Å². The molecule has 0 spiro atoms. The highest BCUT2D eigenvalue weighted by Crippen LogP contribution is 2.23. The molecule has 3 aromatic rings. The molecule has 0 bridgehead atoms. The van der Waals surface area contributed by atoms with Gasteiger partial charge in [0.15, 0.2) is 6.10 Å². The average molecular weight is 360 g/mol. The zero-order valence-corrected chi connectivity index (χ0v) is 16.2. The first-order valence-corrected chi connectivity index (χ1v) is 9.11. The summed E-state index contributed by atoms with van der Waals surface area (Å²) < 4.78 is 5.47. The average Bonchev–Trinajstić information content (AvgIpc) is 2.66. The monoisotopic (exact) mass is 360 g/mol. The van der Waals surface area contributed by atoms with Gasteiger partial charge in [-0.05, 0) is 34.7 Å². The van der Waals surface area contributed by atoms with Crippen molar-refractivity contribution in [1.29, 1.82) is 0 Å². The van der Waals surface area contributed by atoms with Crippen LogP contribution in [0.4, 0.5) is 0 Å². The van der Waals surface area contributed by atoms with E-state index in [-0.39, 0.29) is 11.2 Å². The number of ether oxygens (including phenoxy) is 1. The molecule has 0 saturated heterocycles. The van der Waals surface area contributed by atoms with E-state index in [2.05, 4.69) is 20.8 Å². The minimum absolute atomic E-state index is 0.0219. The van der Waals surface area contributed by atoms with E-state index >= 15 is 0 Å². The summed E-state index contributed by atoms with van der Waals surface area (Å²) >= 11 is 0. The lowest BCUT2D eigenvalue weighted by atomic mass is 9.86. The van der Waals surface area contributed by atoms with Crippen LogP contribution in [0.1, 0.15) is 54.0 Å². The van der Waals surface area contributed by atoms with Crippen LogP contribution in [0.2, 0.25) is 0 Å². The van der Waals surface area contributed by atoms with Crippen molar-refractivity contribution in [2.24, 2.45) is 0 Å². The van der Waals surface area contributed by atoms with Gasteiger partial charge in [0.1, 0.15) is 0 Å². The Morgan fingerprint density at radius 3 is 2.15 bits per heavy atom. The molecule has 0 aromatic heterocycles. The number of benzene rings is 3. The minimum Gasteiger partial charge on any atom is -0.451 e. The van der Waals surface area contributed by atoms with Crippen molar-refractivity contribution in [2.75, 3.05) is 0 Å². The smallest absolute Gasteiger partial charge is 0.339 e. The molecule has 0 fully saturated rings. The van der Waals surface area contributed by atoms with E-state index in [1.165, 1.54) is 0 Å². The first-order valence-electron chi connectivity index (χ1n) is 9.11. The van der Waals surface area contributed by atoms with Crippen molar-refractivity contribution in [3.63, 3.8) is 0 Å². The van der Waals surface area contributed by atoms with Crippen molar-refractivity contribution in [1.82, 2.24) is 0 Å². The highest BCUT2D eigenvalue weighted by atomic mass is 16.5. The molecule has 0 saturated carbocycles. The topological polar surface area (TPSA) is 43.4 Å². The molecule has 3 heteroatoms. The summed E-state index contributed by atoms with van der Waals surface area (Å²) in [7, 11) is 0. The molecule has 0 N–H and O–H groups in total. The number of esters is 1. The Bertz CT molecular complexity index is 973. The van der Waals surface area contributed by atoms with Crippen LogP contribution in [-0.2, 0) is 10.2 Å². The van der Waals surface area contributed by atoms with Crippen molar-refractivity contribution in [3.05, 3.63) is 83.4 Å². The van der Waals surface area contributed by atoms with Crippen LogP contribution in [0, 0.1) is 0 Å². The third-order valence-corrected chi connectivity index (χ3v) is 4.70. The molecule has 1 atom stereocenters. The summed E-state index contributed by atoms with van der Waals surface area (Å²) in [5.41, 5.74) is 2.19. The Kier molecular flexibility index (Phi) is 5.13. The summed E-state index contributed by atoms with van der Waals surface area (Å²) in [6, 6.07) is 20.6. The molecule has 0 radical (unpaired) electrons. The zero-order valence-electron chi connectivity index (χ0n) is 16.2. The van der Waals surface area contributed by atoms with Gasteiger partial charge < -0.3 is 4.74 Å². The number of hydrogen-bond donors (Lipinski definition) is 0. The normalized spacial score (nSPS) is 12.6. The van der Waals surface area contributed by atoms with Crippen LogP contribution >= 0.6 is 0 Å². The molecule has 0 unspecified atom stereocenters. The molecule has 0 heterocycles. The predicted octanol–water partition coefficient (Wildman–Crippen LogP) is 5.57. The number of fused-ring (bicyclic) bond motifs is 1. The maximum atomic E-state index is 12.7. The fourth-order valence-electron chi connectivity index (χ4n) is 3.05. The summed E-state index contributed by atoms with van der Waals surface area (Å²) in [4.78, 5) is 25.3. The van der Waals surface area contributed by atoms with Crippen molar-refractivity contribution >= 4 is 22.5 Å². The number of carbonyl (C=O) groups is 2. The first-order chi connectivity index (χ1) is 12.8. The van der Waals surface area contributed by atoms with Crippen LogP contribution in [0.15, 0.2) is 66.7 Å². The molecule has 0 aliphatic rings. The third-order valence-electron chi connectivity index (χ3n) is 4.70. The molecule has 0 aliphatic heterocycles. The molecule has 27 heavy (non-hydrogen) atoms. The van der Waals surface area contributed by atoms with Gasteiger partial charge in [-0.25, -0.2) is 4.79 Å². The van der Waals surface area contributed by atoms with E-state index in [1.54, 1.807) is 25.1 Å². The second-order valence-corrected chi connectivity index (χ2v) is 7.77. The molecular weight excluding hydrogens is 336 g/mol. The second-order valence-electron chi connectivity index (χ2n) is 7.77. The molecular formula is C24H24O3. The van der Waals surface area contributed by atoms with E-state index in [1.807, 2.05) is 48.5 Å². The Labute approximate surface area is 160 Å². The molecule has 3 aromatic carbocycles. The van der Waals surface area contributed by atoms with E-state index in [0.29, 0.717) is 11.1 Å². The summed E-state index contributed by atoms with van der Waals surface area (Å²) in [5.74, 6) is -0.692. The molecule has 0 amide bonds. The van der Waals surface area contributed by atoms with Crippen molar-refractivity contribution < 1.29 is 14.3 Å². The van der Waals surface area contributed by atoms with Crippen LogP contribution in [0.25, 0.3) is 10.8 Å².